The molecule has 5 nitrogen and oxygen atoms in total. The molecule has 18 heavy (non-hydrogen) atoms. The second kappa shape index (κ2) is 8.45. The molecule has 0 aliphatic carbocycles. The van der Waals surface area contributed by atoms with Crippen molar-refractivity contribution in [2.75, 3.05) is 32.8 Å². The average molecular weight is 258 g/mol. The van der Waals surface area contributed by atoms with Gasteiger partial charge in [0.05, 0.1) is 25.9 Å². The Bertz CT molecular complexity index is 240. The molecule has 1 amide bonds. The lowest BCUT2D eigenvalue weighted by molar-refractivity contribution is -0.123. The first-order valence-electron chi connectivity index (χ1n) is 6.89. The van der Waals surface area contributed by atoms with E-state index in [1.807, 2.05) is 6.92 Å². The SMILES string of the molecule is CCC(C)NC(=O)CN1CCC(OCCO)CC1. The summed E-state index contributed by atoms with van der Waals surface area (Å²) in [4.78, 5) is 13.9. The number of hydrogen-bond acceptors (Lipinski definition) is 4. The van der Waals surface area contributed by atoms with Crippen LogP contribution in [0.3, 0.4) is 0 Å². The van der Waals surface area contributed by atoms with Gasteiger partial charge in [-0.3, -0.25) is 9.69 Å². The molecule has 1 fully saturated rings. The van der Waals surface area contributed by atoms with Crippen molar-refractivity contribution >= 4 is 5.91 Å². The van der Waals surface area contributed by atoms with Crippen molar-refractivity contribution < 1.29 is 14.6 Å². The Hall–Kier alpha value is -0.650. The van der Waals surface area contributed by atoms with Gasteiger partial charge in [-0.15, -0.1) is 0 Å². The third kappa shape index (κ3) is 5.80. The highest BCUT2D eigenvalue weighted by molar-refractivity contribution is 5.78. The topological polar surface area (TPSA) is 61.8 Å². The summed E-state index contributed by atoms with van der Waals surface area (Å²) in [5.41, 5.74) is 0. The van der Waals surface area contributed by atoms with E-state index in [9.17, 15) is 4.79 Å². The standard InChI is InChI=1S/C13H26N2O3/c1-3-11(2)14-13(17)10-15-6-4-12(5-7-15)18-9-8-16/h11-12,16H,3-10H2,1-2H3,(H,14,17). The van der Waals surface area contributed by atoms with Gasteiger partial charge in [-0.25, -0.2) is 0 Å². The molecule has 0 spiro atoms. The Labute approximate surface area is 109 Å². The fourth-order valence-corrected chi connectivity index (χ4v) is 2.08. The van der Waals surface area contributed by atoms with Gasteiger partial charge in [0.15, 0.2) is 0 Å². The second-order valence-electron chi connectivity index (χ2n) is 4.95. The van der Waals surface area contributed by atoms with Crippen molar-refractivity contribution in [3.05, 3.63) is 0 Å². The van der Waals surface area contributed by atoms with E-state index in [1.165, 1.54) is 0 Å². The van der Waals surface area contributed by atoms with Gasteiger partial charge in [-0.1, -0.05) is 6.92 Å². The number of aliphatic hydroxyl groups is 1. The van der Waals surface area contributed by atoms with Crippen LogP contribution in [0.4, 0.5) is 0 Å². The predicted octanol–water partition coefficient (Wildman–Crippen LogP) is 0.374. The summed E-state index contributed by atoms with van der Waals surface area (Å²) >= 11 is 0. The summed E-state index contributed by atoms with van der Waals surface area (Å²) in [6.07, 6.45) is 3.08. The normalized spacial score (nSPS) is 19.7. The van der Waals surface area contributed by atoms with Crippen LogP contribution in [0.15, 0.2) is 0 Å². The second-order valence-corrected chi connectivity index (χ2v) is 4.95. The maximum Gasteiger partial charge on any atom is 0.234 e. The number of carbonyl (C=O) groups excluding carboxylic acids is 1. The molecule has 0 aromatic carbocycles. The molecule has 1 atom stereocenters. The number of aliphatic hydroxyl groups excluding tert-OH is 1. The highest BCUT2D eigenvalue weighted by atomic mass is 16.5. The smallest absolute Gasteiger partial charge is 0.234 e. The number of likely N-dealkylation sites (tertiary alicyclic amines) is 1. The number of nitrogens with zero attached hydrogens (tertiary/aromatic N) is 1. The molecule has 0 bridgehead atoms. The van der Waals surface area contributed by atoms with Crippen LogP contribution in [-0.2, 0) is 9.53 Å². The molecular formula is C13H26N2O3. The van der Waals surface area contributed by atoms with Gasteiger partial charge in [0.2, 0.25) is 5.91 Å². The van der Waals surface area contributed by atoms with Crippen LogP contribution in [0.25, 0.3) is 0 Å². The lowest BCUT2D eigenvalue weighted by atomic mass is 10.1. The lowest BCUT2D eigenvalue weighted by Crippen LogP contribution is -2.45. The maximum atomic E-state index is 11.7. The van der Waals surface area contributed by atoms with Crippen molar-refractivity contribution in [1.29, 1.82) is 0 Å². The van der Waals surface area contributed by atoms with Crippen molar-refractivity contribution in [3.8, 4) is 0 Å². The zero-order valence-electron chi connectivity index (χ0n) is 11.5. The molecule has 106 valence electrons. The summed E-state index contributed by atoms with van der Waals surface area (Å²) in [7, 11) is 0. The van der Waals surface area contributed by atoms with E-state index in [4.69, 9.17) is 9.84 Å². The van der Waals surface area contributed by atoms with E-state index in [0.29, 0.717) is 13.2 Å². The fraction of sp³-hybridized carbons (Fsp3) is 0.923. The largest absolute Gasteiger partial charge is 0.394 e. The minimum Gasteiger partial charge on any atom is -0.394 e. The number of piperidine rings is 1. The van der Waals surface area contributed by atoms with Crippen molar-refractivity contribution in [3.63, 3.8) is 0 Å². The predicted molar refractivity (Wildman–Crippen MR) is 70.4 cm³/mol. The quantitative estimate of drug-likeness (QED) is 0.693. The van der Waals surface area contributed by atoms with Crippen LogP contribution in [0.2, 0.25) is 0 Å². The molecule has 0 aromatic heterocycles. The minimum atomic E-state index is 0.0809. The fourth-order valence-electron chi connectivity index (χ4n) is 2.08. The molecule has 0 radical (unpaired) electrons. The zero-order valence-corrected chi connectivity index (χ0v) is 11.5. The Morgan fingerprint density at radius 2 is 2.17 bits per heavy atom. The molecule has 0 aromatic rings. The summed E-state index contributed by atoms with van der Waals surface area (Å²) in [5.74, 6) is 0.110. The minimum absolute atomic E-state index is 0.0809. The van der Waals surface area contributed by atoms with Gasteiger partial charge in [0, 0.05) is 19.1 Å². The number of nitrogens with one attached hydrogen (secondary N) is 1. The van der Waals surface area contributed by atoms with Gasteiger partial charge in [-0.05, 0) is 26.2 Å². The number of carbonyl (C=O) groups is 1. The summed E-state index contributed by atoms with van der Waals surface area (Å²) in [5, 5.41) is 11.7. The monoisotopic (exact) mass is 258 g/mol. The average Bonchev–Trinajstić information content (AvgIpc) is 2.37. The van der Waals surface area contributed by atoms with Crippen LogP contribution >= 0.6 is 0 Å². The third-order valence-electron chi connectivity index (χ3n) is 3.37. The number of hydrogen-bond donors (Lipinski definition) is 2. The molecular weight excluding hydrogens is 232 g/mol. The van der Waals surface area contributed by atoms with Crippen molar-refractivity contribution in [2.45, 2.75) is 45.3 Å². The van der Waals surface area contributed by atoms with Gasteiger partial charge in [-0.2, -0.15) is 0 Å². The van der Waals surface area contributed by atoms with E-state index >= 15 is 0 Å². The molecule has 1 heterocycles. The molecule has 1 aliphatic rings. The van der Waals surface area contributed by atoms with E-state index in [1.54, 1.807) is 0 Å². The van der Waals surface area contributed by atoms with Crippen LogP contribution in [0.5, 0.6) is 0 Å². The van der Waals surface area contributed by atoms with E-state index in [2.05, 4.69) is 17.1 Å². The Balaban J connectivity index is 2.16. The van der Waals surface area contributed by atoms with Gasteiger partial charge in [0.1, 0.15) is 0 Å². The highest BCUT2D eigenvalue weighted by Crippen LogP contribution is 2.13. The lowest BCUT2D eigenvalue weighted by Gasteiger charge is -2.31. The van der Waals surface area contributed by atoms with Crippen molar-refractivity contribution in [2.24, 2.45) is 0 Å². The number of ether oxygens (including phenoxy) is 1. The van der Waals surface area contributed by atoms with Gasteiger partial charge in [0.25, 0.3) is 0 Å². The van der Waals surface area contributed by atoms with Crippen LogP contribution in [0.1, 0.15) is 33.1 Å². The zero-order chi connectivity index (χ0) is 13.4. The number of rotatable bonds is 7. The first kappa shape index (κ1) is 15.4. The van der Waals surface area contributed by atoms with Crippen LogP contribution < -0.4 is 5.32 Å². The Morgan fingerprint density at radius 3 is 2.72 bits per heavy atom. The molecule has 1 aliphatic heterocycles. The Kier molecular flexibility index (Phi) is 7.23. The Morgan fingerprint density at radius 1 is 1.50 bits per heavy atom. The van der Waals surface area contributed by atoms with Gasteiger partial charge >= 0.3 is 0 Å². The van der Waals surface area contributed by atoms with Crippen LogP contribution in [0, 0.1) is 0 Å². The summed E-state index contributed by atoms with van der Waals surface area (Å²) in [6.45, 7) is 6.85. The van der Waals surface area contributed by atoms with Gasteiger partial charge < -0.3 is 15.2 Å². The van der Waals surface area contributed by atoms with Crippen LogP contribution in [-0.4, -0.2) is 60.9 Å². The first-order valence-corrected chi connectivity index (χ1v) is 6.89. The first-order chi connectivity index (χ1) is 8.65. The molecule has 1 rings (SSSR count). The molecule has 1 unspecified atom stereocenters. The maximum absolute atomic E-state index is 11.7. The van der Waals surface area contributed by atoms with E-state index < -0.39 is 0 Å². The summed E-state index contributed by atoms with van der Waals surface area (Å²) < 4.78 is 5.49. The van der Waals surface area contributed by atoms with E-state index in [-0.39, 0.29) is 24.7 Å². The highest BCUT2D eigenvalue weighted by Gasteiger charge is 2.21. The third-order valence-corrected chi connectivity index (χ3v) is 3.37. The van der Waals surface area contributed by atoms with Crippen molar-refractivity contribution in [1.82, 2.24) is 10.2 Å². The van der Waals surface area contributed by atoms with E-state index in [0.717, 1.165) is 32.4 Å². The molecule has 2 N–H and O–H groups in total. The number of amides is 1. The molecule has 1 saturated heterocycles. The molecule has 5 heteroatoms. The molecule has 0 saturated carbocycles. The summed E-state index contributed by atoms with van der Waals surface area (Å²) in [6, 6.07) is 0.253.